The van der Waals surface area contributed by atoms with Gasteiger partial charge in [0.15, 0.2) is 18.4 Å². The first kappa shape index (κ1) is 45.6. The molecule has 3 aromatic carbocycles. The van der Waals surface area contributed by atoms with Crippen LogP contribution in [0.5, 0.6) is 11.8 Å². The van der Waals surface area contributed by atoms with E-state index in [2.05, 4.69) is 15.9 Å². The van der Waals surface area contributed by atoms with Gasteiger partial charge in [0.1, 0.15) is 58.4 Å². The molecule has 3 atom stereocenters. The van der Waals surface area contributed by atoms with Gasteiger partial charge >= 0.3 is 18.3 Å². The highest BCUT2D eigenvalue weighted by Gasteiger charge is 2.54. The average Bonchev–Trinajstić information content (AvgIpc) is 3.61. The molecule has 0 spiro atoms. The van der Waals surface area contributed by atoms with Crippen molar-refractivity contribution in [2.24, 2.45) is 0 Å². The zero-order valence-corrected chi connectivity index (χ0v) is 35.8. The zero-order valence-electron chi connectivity index (χ0n) is 35.8. The Morgan fingerprint density at radius 3 is 2.40 bits per heavy atom. The number of benzene rings is 3. The van der Waals surface area contributed by atoms with Crippen molar-refractivity contribution < 1.29 is 58.9 Å². The number of methoxy groups -OCH3 is 1. The highest BCUT2D eigenvalue weighted by atomic mass is 19.4. The van der Waals surface area contributed by atoms with Crippen molar-refractivity contribution >= 4 is 33.6 Å². The van der Waals surface area contributed by atoms with Crippen molar-refractivity contribution in [1.82, 2.24) is 24.9 Å². The number of nitrogens with zero attached hydrogens (tertiary/aromatic N) is 6. The van der Waals surface area contributed by atoms with Crippen molar-refractivity contribution in [3.8, 4) is 35.4 Å². The number of amides is 1. The Kier molecular flexibility index (Phi) is 12.2. The van der Waals surface area contributed by atoms with E-state index < -0.39 is 70.5 Å². The molecule has 8 rings (SSSR count). The van der Waals surface area contributed by atoms with Crippen molar-refractivity contribution in [2.75, 3.05) is 45.2 Å². The lowest BCUT2D eigenvalue weighted by Crippen LogP contribution is -2.49. The maximum absolute atomic E-state index is 17.6. The molecule has 19 heteroatoms. The second-order valence-electron chi connectivity index (χ2n) is 17.4. The first-order valence-electron chi connectivity index (χ1n) is 20.9. The summed E-state index contributed by atoms with van der Waals surface area (Å²) in [5.41, 5.74) is -4.91. The molecule has 0 unspecified atom stereocenters. The van der Waals surface area contributed by atoms with E-state index >= 15 is 13.2 Å². The van der Waals surface area contributed by atoms with Crippen LogP contribution >= 0.6 is 0 Å². The van der Waals surface area contributed by atoms with E-state index in [0.29, 0.717) is 30.4 Å². The van der Waals surface area contributed by atoms with Crippen molar-refractivity contribution in [3.63, 3.8) is 0 Å². The molecule has 0 saturated carbocycles. The Morgan fingerprint density at radius 1 is 0.969 bits per heavy atom. The SMILES string of the molecule is C#Cc1c(F)ccc2cc(OCOC)cc(-c3ncc4c(N5CCCCCN5C(=O)OC(C)(C)C)nc(OC[C@@]56CC[C@H](c7cc(F)c(C(F)(F)F)c(F)c7)N5C[C@H](F)C6)nc4c3F)c12. The van der Waals surface area contributed by atoms with Crippen LogP contribution in [0.3, 0.4) is 0 Å². The fourth-order valence-electron chi connectivity index (χ4n) is 9.17. The Hall–Kier alpha value is -6.00. The Bertz CT molecular complexity index is 2690. The van der Waals surface area contributed by atoms with Crippen molar-refractivity contribution in [1.29, 1.82) is 0 Å². The Morgan fingerprint density at radius 2 is 1.71 bits per heavy atom. The number of halogens is 8. The number of alkyl halides is 4. The molecule has 11 nitrogen and oxygen atoms in total. The largest absolute Gasteiger partial charge is 0.468 e. The summed E-state index contributed by atoms with van der Waals surface area (Å²) >= 11 is 0. The third-order valence-electron chi connectivity index (χ3n) is 11.9. The number of hydrogen-bond donors (Lipinski definition) is 0. The summed E-state index contributed by atoms with van der Waals surface area (Å²) in [4.78, 5) is 29.2. The van der Waals surface area contributed by atoms with Gasteiger partial charge in [-0.2, -0.15) is 23.1 Å². The van der Waals surface area contributed by atoms with Gasteiger partial charge in [-0.15, -0.1) is 6.42 Å². The lowest BCUT2D eigenvalue weighted by atomic mass is 9.94. The number of terminal acetylenes is 1. The molecule has 0 aliphatic carbocycles. The van der Waals surface area contributed by atoms with Crippen LogP contribution in [0.2, 0.25) is 0 Å². The minimum absolute atomic E-state index is 0.0113. The number of carbonyl (C=O) groups is 1. The Labute approximate surface area is 368 Å². The number of hydrazine groups is 1. The first-order chi connectivity index (χ1) is 30.8. The van der Waals surface area contributed by atoms with E-state index in [1.54, 1.807) is 31.7 Å². The molecule has 3 aliphatic rings. The summed E-state index contributed by atoms with van der Waals surface area (Å²) in [5, 5.41) is 3.50. The van der Waals surface area contributed by atoms with Crippen molar-refractivity contribution in [3.05, 3.63) is 82.6 Å². The fourth-order valence-corrected chi connectivity index (χ4v) is 9.17. The number of pyridine rings is 1. The molecule has 65 heavy (non-hydrogen) atoms. The van der Waals surface area contributed by atoms with Gasteiger partial charge < -0.3 is 18.9 Å². The maximum Gasteiger partial charge on any atom is 0.429 e. The van der Waals surface area contributed by atoms with E-state index in [9.17, 15) is 26.7 Å². The monoisotopic (exact) mass is 912 g/mol. The van der Waals surface area contributed by atoms with E-state index in [4.69, 9.17) is 30.4 Å². The van der Waals surface area contributed by atoms with Crippen LogP contribution in [0, 0.1) is 35.6 Å². The highest BCUT2D eigenvalue weighted by Crippen LogP contribution is 2.51. The molecule has 344 valence electrons. The quantitative estimate of drug-likeness (QED) is 0.0807. The van der Waals surface area contributed by atoms with Crippen LogP contribution in [0.25, 0.3) is 32.9 Å². The van der Waals surface area contributed by atoms with Gasteiger partial charge in [0.25, 0.3) is 0 Å². The molecule has 0 N–H and O–H groups in total. The van der Waals surface area contributed by atoms with E-state index in [1.165, 1.54) is 41.5 Å². The van der Waals surface area contributed by atoms with Gasteiger partial charge in [-0.1, -0.05) is 12.0 Å². The second kappa shape index (κ2) is 17.4. The van der Waals surface area contributed by atoms with E-state index in [-0.39, 0.29) is 103 Å². The summed E-state index contributed by atoms with van der Waals surface area (Å²) in [6, 6.07) is 5.61. The van der Waals surface area contributed by atoms with Gasteiger partial charge in [-0.25, -0.2) is 31.8 Å². The number of rotatable bonds is 9. The maximum atomic E-state index is 17.6. The fraction of sp³-hybridized carbons (Fsp3) is 0.435. The lowest BCUT2D eigenvalue weighted by Gasteiger charge is -2.36. The zero-order chi connectivity index (χ0) is 46.6. The van der Waals surface area contributed by atoms with Gasteiger partial charge in [-0.05, 0) is 94.2 Å². The van der Waals surface area contributed by atoms with Crippen LogP contribution < -0.4 is 14.5 Å². The normalized spacial score (nSPS) is 20.5. The smallest absolute Gasteiger partial charge is 0.429 e. The molecular weight excluding hydrogens is 869 g/mol. The molecule has 5 aromatic rings. The third-order valence-corrected chi connectivity index (χ3v) is 11.9. The van der Waals surface area contributed by atoms with Gasteiger partial charge in [0, 0.05) is 56.4 Å². The predicted octanol–water partition coefficient (Wildman–Crippen LogP) is 10.2. The minimum Gasteiger partial charge on any atom is -0.468 e. The lowest BCUT2D eigenvalue weighted by molar-refractivity contribution is -0.142. The van der Waals surface area contributed by atoms with Crippen LogP contribution in [0.1, 0.15) is 82.0 Å². The number of hydrogen-bond acceptors (Lipinski definition) is 10. The minimum atomic E-state index is -5.28. The summed E-state index contributed by atoms with van der Waals surface area (Å²) in [5.74, 6) is -2.75. The van der Waals surface area contributed by atoms with E-state index in [0.717, 1.165) is 6.42 Å². The van der Waals surface area contributed by atoms with E-state index in [1.807, 2.05) is 0 Å². The molecule has 3 aliphatic heterocycles. The molecule has 0 bridgehead atoms. The Balaban J connectivity index is 1.25. The van der Waals surface area contributed by atoms with Crippen molar-refractivity contribution in [2.45, 2.75) is 88.8 Å². The summed E-state index contributed by atoms with van der Waals surface area (Å²) in [6.07, 6.45) is 1.85. The number of ether oxygens (including phenoxy) is 4. The van der Waals surface area contributed by atoms with Crippen LogP contribution in [0.15, 0.2) is 42.6 Å². The predicted molar refractivity (Wildman–Crippen MR) is 223 cm³/mol. The number of fused-ring (bicyclic) bond motifs is 3. The number of carbonyl (C=O) groups excluding carboxylic acids is 1. The second-order valence-corrected chi connectivity index (χ2v) is 17.4. The first-order valence-corrected chi connectivity index (χ1v) is 20.9. The topological polar surface area (TPSA) is 102 Å². The molecule has 0 radical (unpaired) electrons. The van der Waals surface area contributed by atoms with Gasteiger partial charge in [-0.3, -0.25) is 14.9 Å². The molecular formula is C46H44F8N6O5. The molecule has 3 saturated heterocycles. The van der Waals surface area contributed by atoms with Crippen LogP contribution in [-0.2, 0) is 15.7 Å². The average molecular weight is 913 g/mol. The molecule has 3 fully saturated rings. The third kappa shape index (κ3) is 8.77. The van der Waals surface area contributed by atoms with Gasteiger partial charge in [0.2, 0.25) is 0 Å². The summed E-state index contributed by atoms with van der Waals surface area (Å²) < 4.78 is 141. The van der Waals surface area contributed by atoms with Crippen LogP contribution in [0.4, 0.5) is 45.7 Å². The number of anilines is 1. The molecule has 2 aromatic heterocycles. The number of aromatic nitrogens is 3. The van der Waals surface area contributed by atoms with Gasteiger partial charge in [0.05, 0.1) is 16.5 Å². The highest BCUT2D eigenvalue weighted by molar-refractivity contribution is 6.03. The summed E-state index contributed by atoms with van der Waals surface area (Å²) in [7, 11) is 1.41. The van der Waals surface area contributed by atoms with Crippen LogP contribution in [-0.4, -0.2) is 88.4 Å². The molecule has 1 amide bonds. The summed E-state index contributed by atoms with van der Waals surface area (Å²) in [6.45, 7) is 4.83. The molecule has 5 heterocycles. The standard InChI is InChI=1S/C46H44F8N6O5/c1-6-29-32(48)11-10-25-16-28(64-24-62-5)19-30(36(25)29)39-38(51)40-31(21-55-39)41(59-14-8-7-9-15-60(59)43(61)65-44(2,3)4)57-42(56-40)63-23-45-13-12-35(58(45)22-27(47)20-45)26-17-33(49)37(34(50)18-26)46(52,53)54/h1,10-11,16-19,21,27,35H,7-9,12-15,20,22-24H2,2-5H3/t27-,35-,45+/m1/s1.